The van der Waals surface area contributed by atoms with Crippen LogP contribution in [0.4, 0.5) is 5.69 Å². The van der Waals surface area contributed by atoms with Crippen LogP contribution in [-0.4, -0.2) is 22.8 Å². The Morgan fingerprint density at radius 1 is 1.25 bits per heavy atom. The molecular weight excluding hydrogens is 250 g/mol. The molecule has 1 aromatic heterocycles. The molecule has 102 valence electrons. The number of aromatic nitrogens is 1. The number of nitrogens with zero attached hydrogens (tertiary/aromatic N) is 2. The minimum absolute atomic E-state index is 0.0260. The van der Waals surface area contributed by atoms with E-state index in [-0.39, 0.29) is 5.91 Å². The van der Waals surface area contributed by atoms with Crippen molar-refractivity contribution in [2.45, 2.75) is 20.0 Å². The minimum Gasteiger partial charge on any atom is -0.387 e. The standard InChI is InChI=1S/C16H17N3O/c1-11-7-15(17-2)14(8-18-11)16(20)19-9-12-5-3-4-6-13(12)10-19/h3-8H,9-10H2,1-2H3,(H,17,18). The van der Waals surface area contributed by atoms with E-state index in [2.05, 4.69) is 22.4 Å². The van der Waals surface area contributed by atoms with Crippen LogP contribution < -0.4 is 5.32 Å². The largest absolute Gasteiger partial charge is 0.387 e. The predicted octanol–water partition coefficient (Wildman–Crippen LogP) is 2.59. The summed E-state index contributed by atoms with van der Waals surface area (Å²) in [6, 6.07) is 10.1. The van der Waals surface area contributed by atoms with Crippen LogP contribution in [0.1, 0.15) is 27.2 Å². The highest BCUT2D eigenvalue weighted by molar-refractivity contribution is 5.99. The van der Waals surface area contributed by atoms with E-state index in [4.69, 9.17) is 0 Å². The number of nitrogens with one attached hydrogen (secondary N) is 1. The molecule has 4 heteroatoms. The van der Waals surface area contributed by atoms with Crippen molar-refractivity contribution in [2.75, 3.05) is 12.4 Å². The molecule has 4 nitrogen and oxygen atoms in total. The van der Waals surface area contributed by atoms with Crippen LogP contribution in [0.5, 0.6) is 0 Å². The Morgan fingerprint density at radius 3 is 2.50 bits per heavy atom. The molecule has 1 N–H and O–H groups in total. The fourth-order valence-electron chi connectivity index (χ4n) is 2.58. The van der Waals surface area contributed by atoms with E-state index >= 15 is 0 Å². The fraction of sp³-hybridized carbons (Fsp3) is 0.250. The lowest BCUT2D eigenvalue weighted by Crippen LogP contribution is -2.26. The van der Waals surface area contributed by atoms with Crippen LogP contribution in [0.2, 0.25) is 0 Å². The first-order chi connectivity index (χ1) is 9.69. The summed E-state index contributed by atoms with van der Waals surface area (Å²) < 4.78 is 0. The van der Waals surface area contributed by atoms with Gasteiger partial charge in [-0.3, -0.25) is 9.78 Å². The number of carbonyl (C=O) groups excluding carboxylic acids is 1. The molecule has 1 aliphatic heterocycles. The van der Waals surface area contributed by atoms with E-state index in [1.165, 1.54) is 11.1 Å². The average molecular weight is 267 g/mol. The monoisotopic (exact) mass is 267 g/mol. The molecule has 0 bridgehead atoms. The highest BCUT2D eigenvalue weighted by Gasteiger charge is 2.25. The summed E-state index contributed by atoms with van der Waals surface area (Å²) in [5, 5.41) is 3.07. The van der Waals surface area contributed by atoms with Gasteiger partial charge >= 0.3 is 0 Å². The van der Waals surface area contributed by atoms with Crippen molar-refractivity contribution < 1.29 is 4.79 Å². The van der Waals surface area contributed by atoms with Crippen LogP contribution >= 0.6 is 0 Å². The third kappa shape index (κ3) is 2.13. The van der Waals surface area contributed by atoms with E-state index in [0.29, 0.717) is 18.7 Å². The smallest absolute Gasteiger partial charge is 0.258 e. The molecule has 1 aliphatic rings. The molecule has 0 saturated heterocycles. The van der Waals surface area contributed by atoms with Crippen LogP contribution in [0.25, 0.3) is 0 Å². The average Bonchev–Trinajstić information content (AvgIpc) is 2.90. The van der Waals surface area contributed by atoms with Crippen molar-refractivity contribution in [3.8, 4) is 0 Å². The Morgan fingerprint density at radius 2 is 1.90 bits per heavy atom. The van der Waals surface area contributed by atoms with Gasteiger partial charge < -0.3 is 10.2 Å². The first kappa shape index (κ1) is 12.7. The lowest BCUT2D eigenvalue weighted by Gasteiger charge is -2.17. The van der Waals surface area contributed by atoms with E-state index < -0.39 is 0 Å². The summed E-state index contributed by atoms with van der Waals surface area (Å²) in [6.45, 7) is 3.26. The quantitative estimate of drug-likeness (QED) is 0.909. The summed E-state index contributed by atoms with van der Waals surface area (Å²) in [6.07, 6.45) is 1.66. The first-order valence-corrected chi connectivity index (χ1v) is 6.69. The summed E-state index contributed by atoms with van der Waals surface area (Å²) in [5.41, 5.74) is 4.82. The summed E-state index contributed by atoms with van der Waals surface area (Å²) in [5.74, 6) is 0.0260. The van der Waals surface area contributed by atoms with Crippen LogP contribution in [0.3, 0.4) is 0 Å². The molecule has 1 aromatic carbocycles. The third-order valence-corrected chi connectivity index (χ3v) is 3.67. The second kappa shape index (κ2) is 4.96. The van der Waals surface area contributed by atoms with Crippen LogP contribution in [0, 0.1) is 6.92 Å². The molecule has 0 aliphatic carbocycles. The van der Waals surface area contributed by atoms with Crippen LogP contribution in [0.15, 0.2) is 36.5 Å². The number of rotatable bonds is 2. The van der Waals surface area contributed by atoms with Crippen molar-refractivity contribution in [3.63, 3.8) is 0 Å². The summed E-state index contributed by atoms with van der Waals surface area (Å²) in [4.78, 5) is 18.8. The molecule has 1 amide bonds. The Balaban J connectivity index is 1.88. The van der Waals surface area contributed by atoms with Gasteiger partial charge in [0.1, 0.15) is 0 Å². The van der Waals surface area contributed by atoms with Gasteiger partial charge in [0.2, 0.25) is 0 Å². The maximum atomic E-state index is 12.7. The maximum Gasteiger partial charge on any atom is 0.258 e. The molecule has 2 heterocycles. The first-order valence-electron chi connectivity index (χ1n) is 6.69. The number of carbonyl (C=O) groups is 1. The SMILES string of the molecule is CNc1cc(C)ncc1C(=O)N1Cc2ccccc2C1. The van der Waals surface area contributed by atoms with Gasteiger partial charge in [-0.15, -0.1) is 0 Å². The summed E-state index contributed by atoms with van der Waals surface area (Å²) >= 11 is 0. The topological polar surface area (TPSA) is 45.2 Å². The number of pyridine rings is 1. The zero-order valence-electron chi connectivity index (χ0n) is 11.7. The molecule has 0 spiro atoms. The van der Waals surface area contributed by atoms with Gasteiger partial charge in [0.25, 0.3) is 5.91 Å². The van der Waals surface area contributed by atoms with Crippen molar-refractivity contribution in [1.82, 2.24) is 9.88 Å². The number of benzene rings is 1. The van der Waals surface area contributed by atoms with E-state index in [1.54, 1.807) is 6.20 Å². The highest BCUT2D eigenvalue weighted by Crippen LogP contribution is 2.26. The Hall–Kier alpha value is -2.36. The van der Waals surface area contributed by atoms with Gasteiger partial charge in [-0.05, 0) is 24.1 Å². The van der Waals surface area contributed by atoms with Gasteiger partial charge in [0, 0.05) is 32.0 Å². The summed E-state index contributed by atoms with van der Waals surface area (Å²) in [7, 11) is 1.82. The highest BCUT2D eigenvalue weighted by atomic mass is 16.2. The molecule has 0 fully saturated rings. The Kier molecular flexibility index (Phi) is 3.14. The molecule has 20 heavy (non-hydrogen) atoms. The van der Waals surface area contributed by atoms with Gasteiger partial charge in [-0.25, -0.2) is 0 Å². The Bertz CT molecular complexity index is 642. The fourth-order valence-corrected chi connectivity index (χ4v) is 2.58. The lowest BCUT2D eigenvalue weighted by molar-refractivity contribution is 0.0752. The van der Waals surface area contributed by atoms with Crippen LogP contribution in [-0.2, 0) is 13.1 Å². The van der Waals surface area contributed by atoms with Gasteiger partial charge in [-0.2, -0.15) is 0 Å². The van der Waals surface area contributed by atoms with Gasteiger partial charge in [0.15, 0.2) is 0 Å². The molecule has 2 aromatic rings. The van der Waals surface area contributed by atoms with Crippen molar-refractivity contribution in [2.24, 2.45) is 0 Å². The number of amides is 1. The number of aryl methyl sites for hydroxylation is 1. The molecule has 0 unspecified atom stereocenters. The number of hydrogen-bond donors (Lipinski definition) is 1. The second-order valence-electron chi connectivity index (χ2n) is 5.05. The zero-order chi connectivity index (χ0) is 14.1. The molecule has 3 rings (SSSR count). The van der Waals surface area contributed by atoms with Crippen molar-refractivity contribution in [1.29, 1.82) is 0 Å². The van der Waals surface area contributed by atoms with E-state index in [0.717, 1.165) is 11.4 Å². The van der Waals surface area contributed by atoms with E-state index in [9.17, 15) is 4.79 Å². The molecular formula is C16H17N3O. The van der Waals surface area contributed by atoms with Crippen molar-refractivity contribution in [3.05, 3.63) is 58.9 Å². The Labute approximate surface area is 118 Å². The third-order valence-electron chi connectivity index (χ3n) is 3.67. The number of hydrogen-bond acceptors (Lipinski definition) is 3. The second-order valence-corrected chi connectivity index (χ2v) is 5.05. The van der Waals surface area contributed by atoms with Gasteiger partial charge in [-0.1, -0.05) is 24.3 Å². The maximum absolute atomic E-state index is 12.7. The number of anilines is 1. The van der Waals surface area contributed by atoms with Crippen molar-refractivity contribution >= 4 is 11.6 Å². The predicted molar refractivity (Wildman–Crippen MR) is 78.5 cm³/mol. The van der Waals surface area contributed by atoms with E-state index in [1.807, 2.05) is 37.1 Å². The molecule has 0 atom stereocenters. The zero-order valence-corrected chi connectivity index (χ0v) is 11.7. The minimum atomic E-state index is 0.0260. The lowest BCUT2D eigenvalue weighted by atomic mass is 10.1. The molecule has 0 radical (unpaired) electrons. The normalized spacial score (nSPS) is 13.2. The number of fused-ring (bicyclic) bond motifs is 1. The molecule has 0 saturated carbocycles. The van der Waals surface area contributed by atoms with Gasteiger partial charge in [0.05, 0.1) is 11.3 Å².